The van der Waals surface area contributed by atoms with Gasteiger partial charge in [-0.25, -0.2) is 0 Å². The summed E-state index contributed by atoms with van der Waals surface area (Å²) in [5.74, 6) is 1.57. The standard InChI is InChI=1S/C16H27N3/c1-13(2)10-18-11-15-4-7-17-12-16(15)19-8-5-14(3)6-9-19/h4,7,12-14,18H,5-6,8-11H2,1-3H3. The number of nitrogens with one attached hydrogen (secondary N) is 1. The molecule has 1 aliphatic heterocycles. The predicted molar refractivity (Wildman–Crippen MR) is 81.4 cm³/mol. The van der Waals surface area contributed by atoms with Crippen LogP contribution in [0, 0.1) is 11.8 Å². The number of anilines is 1. The molecule has 3 heteroatoms. The van der Waals surface area contributed by atoms with Crippen LogP contribution in [-0.2, 0) is 6.54 Å². The second-order valence-corrected chi connectivity index (χ2v) is 6.20. The molecule has 1 aromatic rings. The van der Waals surface area contributed by atoms with E-state index in [1.807, 2.05) is 12.4 Å². The largest absolute Gasteiger partial charge is 0.370 e. The highest BCUT2D eigenvalue weighted by atomic mass is 15.1. The molecule has 3 nitrogen and oxygen atoms in total. The van der Waals surface area contributed by atoms with Crippen LogP contribution in [0.3, 0.4) is 0 Å². The maximum absolute atomic E-state index is 4.31. The van der Waals surface area contributed by atoms with Crippen LogP contribution in [-0.4, -0.2) is 24.6 Å². The molecule has 0 amide bonds. The van der Waals surface area contributed by atoms with E-state index in [0.29, 0.717) is 5.92 Å². The van der Waals surface area contributed by atoms with Gasteiger partial charge in [0.15, 0.2) is 0 Å². The Morgan fingerprint density at radius 1 is 1.37 bits per heavy atom. The lowest BCUT2D eigenvalue weighted by Crippen LogP contribution is -2.34. The van der Waals surface area contributed by atoms with Crippen LogP contribution in [0.15, 0.2) is 18.5 Å². The number of hydrogen-bond acceptors (Lipinski definition) is 3. The van der Waals surface area contributed by atoms with Crippen LogP contribution in [0.5, 0.6) is 0 Å². The summed E-state index contributed by atoms with van der Waals surface area (Å²) in [5.41, 5.74) is 2.70. The quantitative estimate of drug-likeness (QED) is 0.883. The molecule has 0 saturated carbocycles. The smallest absolute Gasteiger partial charge is 0.0598 e. The first-order valence-electron chi connectivity index (χ1n) is 7.55. The molecule has 19 heavy (non-hydrogen) atoms. The van der Waals surface area contributed by atoms with Crippen molar-refractivity contribution in [2.45, 2.75) is 40.2 Å². The first-order chi connectivity index (χ1) is 9.16. The molecule has 1 N–H and O–H groups in total. The van der Waals surface area contributed by atoms with Crippen LogP contribution >= 0.6 is 0 Å². The molecule has 0 aliphatic carbocycles. The minimum atomic E-state index is 0.695. The lowest BCUT2D eigenvalue weighted by Gasteiger charge is -2.33. The molecule has 2 rings (SSSR count). The molecule has 0 bridgehead atoms. The summed E-state index contributed by atoms with van der Waals surface area (Å²) in [6, 6.07) is 2.15. The Morgan fingerprint density at radius 2 is 2.11 bits per heavy atom. The van der Waals surface area contributed by atoms with Gasteiger partial charge < -0.3 is 10.2 Å². The zero-order valence-corrected chi connectivity index (χ0v) is 12.5. The van der Waals surface area contributed by atoms with Gasteiger partial charge in [0, 0.05) is 25.8 Å². The van der Waals surface area contributed by atoms with Gasteiger partial charge in [0.2, 0.25) is 0 Å². The Balaban J connectivity index is 1.99. The lowest BCUT2D eigenvalue weighted by molar-refractivity contribution is 0.437. The Labute approximate surface area is 117 Å². The topological polar surface area (TPSA) is 28.2 Å². The zero-order valence-electron chi connectivity index (χ0n) is 12.5. The van der Waals surface area contributed by atoms with E-state index in [1.54, 1.807) is 0 Å². The Kier molecular flexibility index (Phi) is 5.20. The molecule has 1 aromatic heterocycles. The third kappa shape index (κ3) is 4.20. The van der Waals surface area contributed by atoms with Gasteiger partial charge in [-0.2, -0.15) is 0 Å². The predicted octanol–water partition coefficient (Wildman–Crippen LogP) is 3.06. The average Bonchev–Trinajstić information content (AvgIpc) is 2.40. The van der Waals surface area contributed by atoms with Gasteiger partial charge in [-0.3, -0.25) is 4.98 Å². The summed E-state index contributed by atoms with van der Waals surface area (Å²) in [6.45, 7) is 11.2. The minimum absolute atomic E-state index is 0.695. The number of rotatable bonds is 5. The highest BCUT2D eigenvalue weighted by Crippen LogP contribution is 2.25. The van der Waals surface area contributed by atoms with E-state index in [2.05, 4.69) is 42.0 Å². The SMILES string of the molecule is CC(C)CNCc1ccncc1N1CCC(C)CC1. The van der Waals surface area contributed by atoms with Crippen molar-refractivity contribution in [3.63, 3.8) is 0 Å². The first kappa shape index (κ1) is 14.3. The molecule has 2 heterocycles. The van der Waals surface area contributed by atoms with E-state index in [1.165, 1.54) is 37.2 Å². The minimum Gasteiger partial charge on any atom is -0.370 e. The van der Waals surface area contributed by atoms with Crippen molar-refractivity contribution in [1.29, 1.82) is 0 Å². The number of pyridine rings is 1. The van der Waals surface area contributed by atoms with E-state index in [0.717, 1.165) is 19.0 Å². The van der Waals surface area contributed by atoms with Crippen LogP contribution in [0.4, 0.5) is 5.69 Å². The Morgan fingerprint density at radius 3 is 2.79 bits per heavy atom. The molecule has 106 valence electrons. The van der Waals surface area contributed by atoms with Crippen LogP contribution < -0.4 is 10.2 Å². The summed E-state index contributed by atoms with van der Waals surface area (Å²) >= 11 is 0. The summed E-state index contributed by atoms with van der Waals surface area (Å²) in [4.78, 5) is 6.81. The van der Waals surface area contributed by atoms with E-state index >= 15 is 0 Å². The average molecular weight is 261 g/mol. The van der Waals surface area contributed by atoms with Crippen molar-refractivity contribution < 1.29 is 0 Å². The summed E-state index contributed by atoms with van der Waals surface area (Å²) < 4.78 is 0. The maximum Gasteiger partial charge on any atom is 0.0598 e. The van der Waals surface area contributed by atoms with Gasteiger partial charge in [0.05, 0.1) is 11.9 Å². The molecule has 0 aromatic carbocycles. The molecule has 1 fully saturated rings. The number of aromatic nitrogens is 1. The van der Waals surface area contributed by atoms with Crippen molar-refractivity contribution in [3.8, 4) is 0 Å². The Bertz CT molecular complexity index is 381. The molecular weight excluding hydrogens is 234 g/mol. The second-order valence-electron chi connectivity index (χ2n) is 6.20. The zero-order chi connectivity index (χ0) is 13.7. The van der Waals surface area contributed by atoms with Crippen molar-refractivity contribution >= 4 is 5.69 Å². The van der Waals surface area contributed by atoms with E-state index < -0.39 is 0 Å². The number of piperidine rings is 1. The Hall–Kier alpha value is -1.09. The fourth-order valence-corrected chi connectivity index (χ4v) is 2.59. The van der Waals surface area contributed by atoms with Crippen molar-refractivity contribution in [3.05, 3.63) is 24.0 Å². The molecule has 1 aliphatic rings. The highest BCUT2D eigenvalue weighted by Gasteiger charge is 2.18. The van der Waals surface area contributed by atoms with Crippen molar-refractivity contribution in [2.75, 3.05) is 24.5 Å². The van der Waals surface area contributed by atoms with E-state index in [4.69, 9.17) is 0 Å². The lowest BCUT2D eigenvalue weighted by atomic mass is 9.98. The highest BCUT2D eigenvalue weighted by molar-refractivity contribution is 5.51. The number of nitrogens with zero attached hydrogens (tertiary/aromatic N) is 2. The van der Waals surface area contributed by atoms with Gasteiger partial charge in [-0.1, -0.05) is 20.8 Å². The molecule has 0 radical (unpaired) electrons. The maximum atomic E-state index is 4.31. The number of hydrogen-bond donors (Lipinski definition) is 1. The van der Waals surface area contributed by atoms with Gasteiger partial charge in [-0.05, 0) is 42.9 Å². The van der Waals surface area contributed by atoms with E-state index in [9.17, 15) is 0 Å². The fourth-order valence-electron chi connectivity index (χ4n) is 2.59. The van der Waals surface area contributed by atoms with Crippen LogP contribution in [0.1, 0.15) is 39.2 Å². The second kappa shape index (κ2) is 6.90. The first-order valence-corrected chi connectivity index (χ1v) is 7.55. The third-order valence-corrected chi connectivity index (χ3v) is 3.88. The van der Waals surface area contributed by atoms with Crippen LogP contribution in [0.2, 0.25) is 0 Å². The summed E-state index contributed by atoms with van der Waals surface area (Å²) in [5, 5.41) is 3.53. The molecule has 1 saturated heterocycles. The van der Waals surface area contributed by atoms with Gasteiger partial charge in [0.1, 0.15) is 0 Å². The normalized spacial score (nSPS) is 17.2. The summed E-state index contributed by atoms with van der Waals surface area (Å²) in [7, 11) is 0. The van der Waals surface area contributed by atoms with Gasteiger partial charge in [0.25, 0.3) is 0 Å². The van der Waals surface area contributed by atoms with E-state index in [-0.39, 0.29) is 0 Å². The monoisotopic (exact) mass is 261 g/mol. The molecule has 0 atom stereocenters. The van der Waals surface area contributed by atoms with Gasteiger partial charge in [-0.15, -0.1) is 0 Å². The third-order valence-electron chi connectivity index (χ3n) is 3.88. The fraction of sp³-hybridized carbons (Fsp3) is 0.688. The van der Waals surface area contributed by atoms with Crippen LogP contribution in [0.25, 0.3) is 0 Å². The molecule has 0 unspecified atom stereocenters. The molecular formula is C16H27N3. The summed E-state index contributed by atoms with van der Waals surface area (Å²) in [6.07, 6.45) is 6.53. The van der Waals surface area contributed by atoms with Crippen molar-refractivity contribution in [1.82, 2.24) is 10.3 Å². The van der Waals surface area contributed by atoms with Gasteiger partial charge >= 0.3 is 0 Å². The molecule has 0 spiro atoms. The van der Waals surface area contributed by atoms with Crippen molar-refractivity contribution in [2.24, 2.45) is 11.8 Å².